The number of unbranched alkanes of at least 4 members (excludes halogenated alkanes) is 22. The summed E-state index contributed by atoms with van der Waals surface area (Å²) in [4.78, 5) is 0. The first-order chi connectivity index (χ1) is 19.8. The standard InChI is InChI=1S/C38H67N2/c1-3-5-7-9-11-13-15-16-17-18-19-21-23-28-32-38-39(33-29-24-22-20-14-12-10-8-6-4-2)34-35-40(38)36-37-30-26-25-27-31-37/h25-27,30-31,34-35H,3-24,28-29,32-33,36H2,1-2H3/q+1. The predicted octanol–water partition coefficient (Wildman–Crippen LogP) is 11.8. The smallest absolute Gasteiger partial charge is 0.234 e. The van der Waals surface area contributed by atoms with E-state index in [9.17, 15) is 0 Å². The molecule has 0 amide bonds. The molecule has 0 atom stereocenters. The third kappa shape index (κ3) is 17.3. The quantitative estimate of drug-likeness (QED) is 0.0734. The molecule has 1 aromatic carbocycles. The summed E-state index contributed by atoms with van der Waals surface area (Å²) in [6.45, 7) is 6.80. The van der Waals surface area contributed by atoms with E-state index in [1.165, 1.54) is 173 Å². The van der Waals surface area contributed by atoms with E-state index in [4.69, 9.17) is 0 Å². The number of benzene rings is 1. The van der Waals surface area contributed by atoms with Crippen LogP contribution in [0.5, 0.6) is 0 Å². The van der Waals surface area contributed by atoms with Gasteiger partial charge in [-0.3, -0.25) is 0 Å². The van der Waals surface area contributed by atoms with Gasteiger partial charge in [-0.1, -0.05) is 179 Å². The molecule has 1 aromatic heterocycles. The van der Waals surface area contributed by atoms with Crippen LogP contribution in [0.4, 0.5) is 0 Å². The van der Waals surface area contributed by atoms with Crippen molar-refractivity contribution in [3.05, 3.63) is 54.1 Å². The van der Waals surface area contributed by atoms with Gasteiger partial charge < -0.3 is 0 Å². The van der Waals surface area contributed by atoms with Crippen LogP contribution in [0.3, 0.4) is 0 Å². The van der Waals surface area contributed by atoms with Crippen molar-refractivity contribution in [2.24, 2.45) is 0 Å². The van der Waals surface area contributed by atoms with Crippen LogP contribution in [0, 0.1) is 0 Å². The maximum atomic E-state index is 2.58. The van der Waals surface area contributed by atoms with Crippen LogP contribution < -0.4 is 4.57 Å². The highest BCUT2D eigenvalue weighted by atomic mass is 15.1. The summed E-state index contributed by atoms with van der Waals surface area (Å²) >= 11 is 0. The van der Waals surface area contributed by atoms with Gasteiger partial charge in [0.2, 0.25) is 0 Å². The number of nitrogens with zero attached hydrogens (tertiary/aromatic N) is 2. The lowest BCUT2D eigenvalue weighted by Crippen LogP contribution is -2.37. The Morgan fingerprint density at radius 3 is 1.40 bits per heavy atom. The fourth-order valence-electron chi connectivity index (χ4n) is 6.16. The van der Waals surface area contributed by atoms with Crippen molar-refractivity contribution in [3.63, 3.8) is 0 Å². The molecule has 0 aliphatic rings. The monoisotopic (exact) mass is 552 g/mol. The van der Waals surface area contributed by atoms with Gasteiger partial charge in [-0.05, 0) is 24.8 Å². The van der Waals surface area contributed by atoms with Crippen molar-refractivity contribution in [1.29, 1.82) is 0 Å². The molecule has 0 N–H and O–H groups in total. The largest absolute Gasteiger partial charge is 0.256 e. The van der Waals surface area contributed by atoms with Crippen LogP contribution in [0.25, 0.3) is 0 Å². The zero-order valence-electron chi connectivity index (χ0n) is 27.0. The lowest BCUT2D eigenvalue weighted by molar-refractivity contribution is -0.704. The zero-order chi connectivity index (χ0) is 28.4. The third-order valence-electron chi connectivity index (χ3n) is 8.79. The molecule has 2 aromatic rings. The van der Waals surface area contributed by atoms with Crippen LogP contribution in [-0.2, 0) is 19.5 Å². The Hall–Kier alpha value is -1.57. The summed E-state index contributed by atoms with van der Waals surface area (Å²) in [6, 6.07) is 11.0. The van der Waals surface area contributed by atoms with Crippen LogP contribution >= 0.6 is 0 Å². The Morgan fingerprint density at radius 2 is 0.925 bits per heavy atom. The highest BCUT2D eigenvalue weighted by Crippen LogP contribution is 2.15. The Kier molecular flexibility index (Phi) is 21.8. The molecule has 2 nitrogen and oxygen atoms in total. The predicted molar refractivity (Wildman–Crippen MR) is 176 cm³/mol. The van der Waals surface area contributed by atoms with Crippen molar-refractivity contribution >= 4 is 0 Å². The van der Waals surface area contributed by atoms with E-state index in [-0.39, 0.29) is 0 Å². The average Bonchev–Trinajstić information content (AvgIpc) is 3.35. The van der Waals surface area contributed by atoms with E-state index in [0.29, 0.717) is 0 Å². The molecule has 2 heteroatoms. The van der Waals surface area contributed by atoms with E-state index in [1.54, 1.807) is 5.82 Å². The first-order valence-corrected chi connectivity index (χ1v) is 18.0. The van der Waals surface area contributed by atoms with E-state index in [0.717, 1.165) is 6.54 Å². The Bertz CT molecular complexity index is 793. The van der Waals surface area contributed by atoms with Gasteiger partial charge in [-0.25, -0.2) is 9.13 Å². The third-order valence-corrected chi connectivity index (χ3v) is 8.79. The molecule has 0 spiro atoms. The van der Waals surface area contributed by atoms with Gasteiger partial charge in [0, 0.05) is 6.42 Å². The van der Waals surface area contributed by atoms with E-state index >= 15 is 0 Å². The molecule has 0 saturated carbocycles. The molecular formula is C38H67N2+. The van der Waals surface area contributed by atoms with Crippen LogP contribution in [-0.4, -0.2) is 4.57 Å². The lowest BCUT2D eigenvalue weighted by Gasteiger charge is -2.07. The first-order valence-electron chi connectivity index (χ1n) is 18.0. The minimum Gasteiger partial charge on any atom is -0.234 e. The summed E-state index contributed by atoms with van der Waals surface area (Å²) in [5.41, 5.74) is 1.41. The van der Waals surface area contributed by atoms with E-state index in [1.807, 2.05) is 0 Å². The van der Waals surface area contributed by atoms with Crippen molar-refractivity contribution in [3.8, 4) is 0 Å². The normalized spacial score (nSPS) is 11.4. The van der Waals surface area contributed by atoms with Gasteiger partial charge in [-0.15, -0.1) is 0 Å². The molecule has 0 aliphatic heterocycles. The molecule has 0 bridgehead atoms. The molecular weight excluding hydrogens is 484 g/mol. The molecule has 0 aliphatic carbocycles. The van der Waals surface area contributed by atoms with Gasteiger partial charge in [0.05, 0.1) is 6.54 Å². The van der Waals surface area contributed by atoms with Crippen molar-refractivity contribution in [2.45, 2.75) is 187 Å². The number of hydrogen-bond acceptors (Lipinski definition) is 0. The molecule has 0 saturated heterocycles. The number of hydrogen-bond donors (Lipinski definition) is 0. The zero-order valence-corrected chi connectivity index (χ0v) is 27.0. The lowest BCUT2D eigenvalue weighted by atomic mass is 10.0. The van der Waals surface area contributed by atoms with Gasteiger partial charge in [0.25, 0.3) is 5.82 Å². The summed E-state index contributed by atoms with van der Waals surface area (Å²) in [5, 5.41) is 0. The number of rotatable bonds is 28. The summed E-state index contributed by atoms with van der Waals surface area (Å²) in [5.74, 6) is 1.54. The highest BCUT2D eigenvalue weighted by molar-refractivity contribution is 5.15. The molecule has 0 fully saturated rings. The maximum Gasteiger partial charge on any atom is 0.256 e. The van der Waals surface area contributed by atoms with Crippen LogP contribution in [0.15, 0.2) is 42.7 Å². The van der Waals surface area contributed by atoms with E-state index < -0.39 is 0 Å². The van der Waals surface area contributed by atoms with Crippen molar-refractivity contribution in [1.82, 2.24) is 4.57 Å². The van der Waals surface area contributed by atoms with Crippen molar-refractivity contribution in [2.75, 3.05) is 0 Å². The molecule has 228 valence electrons. The second-order valence-corrected chi connectivity index (χ2v) is 12.5. The fraction of sp³-hybridized carbons (Fsp3) is 0.763. The van der Waals surface area contributed by atoms with Crippen LogP contribution in [0.1, 0.15) is 179 Å². The molecule has 0 unspecified atom stereocenters. The average molecular weight is 552 g/mol. The topological polar surface area (TPSA) is 8.81 Å². The summed E-state index contributed by atoms with van der Waals surface area (Å²) in [6.07, 6.45) is 40.0. The van der Waals surface area contributed by atoms with Gasteiger partial charge >= 0.3 is 0 Å². The van der Waals surface area contributed by atoms with Gasteiger partial charge in [-0.2, -0.15) is 0 Å². The number of aromatic nitrogens is 2. The minimum absolute atomic E-state index is 1.000. The maximum absolute atomic E-state index is 2.58. The molecule has 40 heavy (non-hydrogen) atoms. The summed E-state index contributed by atoms with van der Waals surface area (Å²) in [7, 11) is 0. The number of imidazole rings is 1. The van der Waals surface area contributed by atoms with Gasteiger partial charge in [0.15, 0.2) is 0 Å². The fourth-order valence-corrected chi connectivity index (χ4v) is 6.16. The minimum atomic E-state index is 1.000. The Balaban J connectivity index is 1.63. The SMILES string of the molecule is CCCCCCCCCCCCCCCCc1n(Cc2ccccc2)cc[n+]1CCCCCCCCCCCC. The molecule has 0 radical (unpaired) electrons. The summed E-state index contributed by atoms with van der Waals surface area (Å²) < 4.78 is 5.10. The first kappa shape index (κ1) is 34.6. The molecule has 1 heterocycles. The Labute approximate surface area is 250 Å². The van der Waals surface area contributed by atoms with E-state index in [2.05, 4.69) is 65.7 Å². The Morgan fingerprint density at radius 1 is 0.500 bits per heavy atom. The van der Waals surface area contributed by atoms with Crippen molar-refractivity contribution < 1.29 is 4.57 Å². The second kappa shape index (κ2) is 25.2. The molecule has 2 rings (SSSR count). The second-order valence-electron chi connectivity index (χ2n) is 12.5. The highest BCUT2D eigenvalue weighted by Gasteiger charge is 2.17. The number of aryl methyl sites for hydroxylation is 1. The van der Waals surface area contributed by atoms with Crippen LogP contribution in [0.2, 0.25) is 0 Å². The van der Waals surface area contributed by atoms with Gasteiger partial charge in [0.1, 0.15) is 18.9 Å².